The van der Waals surface area contributed by atoms with Crippen LogP contribution in [0, 0.1) is 0 Å². The van der Waals surface area contributed by atoms with Gasteiger partial charge in [0.2, 0.25) is 0 Å². The molecule has 0 aromatic heterocycles. The van der Waals surface area contributed by atoms with Crippen LogP contribution in [-0.2, 0) is 14.9 Å². The first-order chi connectivity index (χ1) is 9.37. The Morgan fingerprint density at radius 3 is 1.95 bits per heavy atom. The van der Waals surface area contributed by atoms with E-state index in [-0.39, 0.29) is 31.0 Å². The number of hydrogen-bond acceptors (Lipinski definition) is 4. The minimum atomic E-state index is -6.44. The first-order valence-corrected chi connectivity index (χ1v) is 6.49. The summed E-state index contributed by atoms with van der Waals surface area (Å²) in [4.78, 5) is 11.3. The van der Waals surface area contributed by atoms with Crippen LogP contribution in [0.2, 0.25) is 0 Å². The molecule has 120 valence electrons. The first-order valence-electron chi connectivity index (χ1n) is 5.05. The number of rotatable bonds is 4. The predicted octanol–water partition coefficient (Wildman–Crippen LogP) is -0.629. The van der Waals surface area contributed by atoms with Crippen molar-refractivity contribution < 1.29 is 75.4 Å². The maximum Gasteiger partial charge on any atom is 1.00 e. The van der Waals surface area contributed by atoms with E-state index in [1.807, 2.05) is 0 Å². The van der Waals surface area contributed by atoms with Crippen LogP contribution >= 0.6 is 0 Å². The molecule has 0 amide bonds. The molecule has 0 bridgehead atoms. The molecule has 0 radical (unpaired) electrons. The number of benzene rings is 1. The summed E-state index contributed by atoms with van der Waals surface area (Å²) in [5.41, 5.74) is -0.502. The smallest absolute Gasteiger partial charge is 1.00 e. The molecule has 1 rings (SSSR count). The maximum atomic E-state index is 13.1. The van der Waals surface area contributed by atoms with E-state index in [0.29, 0.717) is 0 Å². The van der Waals surface area contributed by atoms with Gasteiger partial charge in [-0.25, -0.2) is 4.79 Å². The number of carbonyl (C=O) groups excluding carboxylic acids is 1. The summed E-state index contributed by atoms with van der Waals surface area (Å²) < 4.78 is 96.2. The van der Waals surface area contributed by atoms with Crippen LogP contribution in [0.3, 0.4) is 0 Å². The Balaban J connectivity index is 0. The van der Waals surface area contributed by atoms with Crippen LogP contribution < -0.4 is 29.6 Å². The molecule has 1 N–H and O–H groups in total. The fourth-order valence-electron chi connectivity index (χ4n) is 1.21. The maximum absolute atomic E-state index is 13.1. The van der Waals surface area contributed by atoms with Crippen molar-refractivity contribution in [2.45, 2.75) is 17.5 Å². The zero-order valence-electron chi connectivity index (χ0n) is 11.8. The van der Waals surface area contributed by atoms with E-state index in [1.165, 1.54) is 18.2 Å². The molecule has 1 atom stereocenters. The fraction of sp³-hybridized carbons (Fsp3) is 0.300. The zero-order chi connectivity index (χ0) is 16.5. The van der Waals surface area contributed by atoms with Crippen molar-refractivity contribution in [3.8, 4) is 0 Å². The number of hydrogen-bond donors (Lipinski definition) is 1. The average molecular weight is 358 g/mol. The van der Waals surface area contributed by atoms with Crippen molar-refractivity contribution in [3.63, 3.8) is 0 Å². The van der Waals surface area contributed by atoms with E-state index < -0.39 is 39.2 Å². The van der Waals surface area contributed by atoms with Gasteiger partial charge in [-0.15, -0.1) is 0 Å². The third-order valence-corrected chi connectivity index (χ3v) is 3.08. The van der Waals surface area contributed by atoms with Gasteiger partial charge in [0.05, 0.1) is 5.56 Å². The normalized spacial score (nSPS) is 13.9. The molecular formula is C10H8F5NaO5S. The average Bonchev–Trinajstić information content (AvgIpc) is 2.33. The summed E-state index contributed by atoms with van der Waals surface area (Å²) in [6, 6.07) is 5.79. The Bertz CT molecular complexity index is 622. The fourth-order valence-corrected chi connectivity index (χ4v) is 1.66. The van der Waals surface area contributed by atoms with Crippen molar-refractivity contribution in [2.24, 2.45) is 0 Å². The van der Waals surface area contributed by atoms with Crippen molar-refractivity contribution in [2.75, 3.05) is 0 Å². The Hall–Kier alpha value is -0.750. The summed E-state index contributed by atoms with van der Waals surface area (Å²) in [7, 11) is -6.44. The molecule has 1 unspecified atom stereocenters. The summed E-state index contributed by atoms with van der Waals surface area (Å²) >= 11 is 0. The molecule has 1 aromatic carbocycles. The van der Waals surface area contributed by atoms with Crippen LogP contribution in [0.15, 0.2) is 30.3 Å². The Kier molecular flexibility index (Phi) is 6.97. The molecule has 0 aliphatic rings. The van der Waals surface area contributed by atoms with Gasteiger partial charge in [-0.3, -0.25) is 4.55 Å². The number of halogens is 5. The number of carbonyl (C=O) groups is 1. The molecular weight excluding hydrogens is 350 g/mol. The monoisotopic (exact) mass is 358 g/mol. The quantitative estimate of drug-likeness (QED) is 0.336. The third kappa shape index (κ3) is 4.88. The van der Waals surface area contributed by atoms with E-state index in [1.54, 1.807) is 0 Å². The van der Waals surface area contributed by atoms with E-state index in [0.717, 1.165) is 12.1 Å². The Morgan fingerprint density at radius 2 is 1.59 bits per heavy atom. The third-order valence-electron chi connectivity index (χ3n) is 2.18. The molecule has 12 heteroatoms. The minimum absolute atomic E-state index is 0. The standard InChI is InChI=1S/C10H7F5O5S.Na.H/c11-9(12,13)8(10(14,15)21(17,18)19)20-7(16)6-4-2-1-3-5-6;;/h1-5,8H,(H,17,18,19);;/q;+1;-1. The van der Waals surface area contributed by atoms with Crippen LogP contribution in [0.5, 0.6) is 0 Å². The van der Waals surface area contributed by atoms with E-state index >= 15 is 0 Å². The number of ether oxygens (including phenoxy) is 1. The molecule has 0 saturated carbocycles. The summed E-state index contributed by atoms with van der Waals surface area (Å²) in [6.07, 6.45) is -10.3. The Morgan fingerprint density at radius 1 is 1.14 bits per heavy atom. The molecule has 0 spiro atoms. The van der Waals surface area contributed by atoms with Gasteiger partial charge in [-0.2, -0.15) is 30.4 Å². The van der Waals surface area contributed by atoms with Gasteiger partial charge in [0.1, 0.15) is 0 Å². The molecule has 0 fully saturated rings. The largest absolute Gasteiger partial charge is 1.00 e. The van der Waals surface area contributed by atoms with E-state index in [9.17, 15) is 35.2 Å². The SMILES string of the molecule is O=C(OC(C(F)(F)F)C(F)(F)S(=O)(=O)O)c1ccccc1.[H-].[Na+]. The van der Waals surface area contributed by atoms with Crippen LogP contribution in [0.25, 0.3) is 0 Å². The second-order valence-corrected chi connectivity index (χ2v) is 5.22. The Labute approximate surface area is 145 Å². The molecule has 0 aliphatic heterocycles. The molecule has 0 saturated heterocycles. The van der Waals surface area contributed by atoms with Gasteiger partial charge < -0.3 is 6.16 Å². The minimum Gasteiger partial charge on any atom is -1.00 e. The second-order valence-electron chi connectivity index (χ2n) is 3.73. The molecule has 5 nitrogen and oxygen atoms in total. The second kappa shape index (κ2) is 7.21. The van der Waals surface area contributed by atoms with Gasteiger partial charge in [-0.1, -0.05) is 18.2 Å². The molecule has 22 heavy (non-hydrogen) atoms. The van der Waals surface area contributed by atoms with Gasteiger partial charge in [0.15, 0.2) is 0 Å². The van der Waals surface area contributed by atoms with Crippen LogP contribution in [0.4, 0.5) is 22.0 Å². The van der Waals surface area contributed by atoms with Gasteiger partial charge in [-0.05, 0) is 12.1 Å². The molecule has 0 heterocycles. The summed E-state index contributed by atoms with van der Waals surface area (Å²) in [5.74, 6) is -1.82. The van der Waals surface area contributed by atoms with Crippen molar-refractivity contribution in [3.05, 3.63) is 35.9 Å². The zero-order valence-corrected chi connectivity index (χ0v) is 13.7. The topological polar surface area (TPSA) is 80.7 Å². The summed E-state index contributed by atoms with van der Waals surface area (Å²) in [5, 5.41) is -5.74. The molecule has 1 aromatic rings. The number of esters is 1. The molecule has 0 aliphatic carbocycles. The van der Waals surface area contributed by atoms with Gasteiger partial charge in [0, 0.05) is 0 Å². The van der Waals surface area contributed by atoms with Crippen LogP contribution in [-0.4, -0.2) is 36.5 Å². The number of alkyl halides is 5. The predicted molar refractivity (Wildman–Crippen MR) is 59.3 cm³/mol. The summed E-state index contributed by atoms with van der Waals surface area (Å²) in [6.45, 7) is 0. The van der Waals surface area contributed by atoms with Crippen LogP contribution in [0.1, 0.15) is 11.8 Å². The van der Waals surface area contributed by atoms with Crippen molar-refractivity contribution in [1.82, 2.24) is 0 Å². The van der Waals surface area contributed by atoms with E-state index in [2.05, 4.69) is 4.74 Å². The van der Waals surface area contributed by atoms with Crippen molar-refractivity contribution >= 4 is 16.1 Å². The van der Waals surface area contributed by atoms with Gasteiger partial charge >= 0.3 is 57.1 Å². The van der Waals surface area contributed by atoms with E-state index in [4.69, 9.17) is 4.55 Å². The van der Waals surface area contributed by atoms with Crippen molar-refractivity contribution in [1.29, 1.82) is 0 Å². The first kappa shape index (κ1) is 21.2. The van der Waals surface area contributed by atoms with Gasteiger partial charge in [0.25, 0.3) is 6.10 Å².